The van der Waals surface area contributed by atoms with Crippen LogP contribution in [0.15, 0.2) is 75.1 Å². The second-order valence-electron chi connectivity index (χ2n) is 5.79. The Hall–Kier alpha value is -3.47. The topological polar surface area (TPSA) is 55.5 Å². The lowest BCUT2D eigenvalue weighted by atomic mass is 10.1. The van der Waals surface area contributed by atoms with Crippen LogP contribution < -0.4 is 15.2 Å². The summed E-state index contributed by atoms with van der Waals surface area (Å²) >= 11 is 0. The number of dihydropyridines is 1. The van der Waals surface area contributed by atoms with E-state index in [1.54, 1.807) is 26.6 Å². The molecule has 0 saturated heterocycles. The van der Waals surface area contributed by atoms with Crippen molar-refractivity contribution in [2.75, 3.05) is 14.2 Å². The minimum absolute atomic E-state index is 0.597. The van der Waals surface area contributed by atoms with Gasteiger partial charge in [0.15, 0.2) is 5.76 Å². The van der Waals surface area contributed by atoms with Crippen LogP contribution in [0.2, 0.25) is 0 Å². The molecule has 4 rings (SSSR count). The van der Waals surface area contributed by atoms with Gasteiger partial charge in [0.1, 0.15) is 11.5 Å². The molecule has 26 heavy (non-hydrogen) atoms. The van der Waals surface area contributed by atoms with Crippen molar-refractivity contribution in [3.63, 3.8) is 0 Å². The quantitative estimate of drug-likeness (QED) is 0.630. The van der Waals surface area contributed by atoms with E-state index in [1.807, 2.05) is 36.4 Å². The van der Waals surface area contributed by atoms with Crippen molar-refractivity contribution in [3.8, 4) is 5.75 Å². The van der Waals surface area contributed by atoms with Crippen molar-refractivity contribution < 1.29 is 9.47 Å². The summed E-state index contributed by atoms with van der Waals surface area (Å²) in [7, 11) is 3.28. The Bertz CT molecular complexity index is 1090. The summed E-state index contributed by atoms with van der Waals surface area (Å²) in [4.78, 5) is 4.56. The highest BCUT2D eigenvalue weighted by atomic mass is 16.5. The molecule has 1 aliphatic heterocycles. The van der Waals surface area contributed by atoms with Crippen LogP contribution >= 0.6 is 0 Å². The van der Waals surface area contributed by atoms with E-state index in [-0.39, 0.29) is 0 Å². The number of hydrogen-bond acceptors (Lipinski definition) is 5. The number of hydrogen-bond donors (Lipinski definition) is 0. The van der Waals surface area contributed by atoms with Gasteiger partial charge in [-0.15, -0.1) is 5.10 Å². The van der Waals surface area contributed by atoms with E-state index in [2.05, 4.69) is 33.4 Å². The third-order valence-corrected chi connectivity index (χ3v) is 4.26. The lowest BCUT2D eigenvalue weighted by Crippen LogP contribution is -2.22. The Morgan fingerprint density at radius 3 is 2.54 bits per heavy atom. The summed E-state index contributed by atoms with van der Waals surface area (Å²) in [6.45, 7) is 0. The summed E-state index contributed by atoms with van der Waals surface area (Å²) in [5.41, 5.74) is 3.38. The van der Waals surface area contributed by atoms with Crippen molar-refractivity contribution in [2.24, 2.45) is 15.2 Å². The molecule has 1 heterocycles. The van der Waals surface area contributed by atoms with Crippen LogP contribution in [0.1, 0.15) is 5.56 Å². The van der Waals surface area contributed by atoms with Crippen molar-refractivity contribution in [3.05, 3.63) is 75.9 Å². The summed E-state index contributed by atoms with van der Waals surface area (Å²) in [6.07, 6.45) is 5.45. The highest BCUT2D eigenvalue weighted by molar-refractivity contribution is 6.40. The number of methoxy groups -OCH3 is 2. The van der Waals surface area contributed by atoms with Crippen LogP contribution in [0.5, 0.6) is 5.75 Å². The number of aliphatic imine (C=N–C) groups is 1. The van der Waals surface area contributed by atoms with Crippen LogP contribution in [0.4, 0.5) is 0 Å². The molecule has 0 radical (unpaired) electrons. The molecule has 0 spiro atoms. The molecule has 2 aliphatic rings. The molecule has 0 saturated carbocycles. The maximum atomic E-state index is 5.60. The lowest BCUT2D eigenvalue weighted by Gasteiger charge is -2.13. The second kappa shape index (κ2) is 6.80. The third-order valence-electron chi connectivity index (χ3n) is 4.26. The van der Waals surface area contributed by atoms with Crippen LogP contribution in [0.25, 0.3) is 11.8 Å². The standard InChI is InChI=1S/C21H17N3O2/c1-25-16-9-7-14(8-10-16)12-23-24-19-13-22-20-17-6-4-3-5-15(17)11-18(20)21(19)26-2/h3-13H,1-2H3. The smallest absolute Gasteiger partial charge is 0.157 e. The van der Waals surface area contributed by atoms with Gasteiger partial charge in [-0.1, -0.05) is 24.3 Å². The molecule has 0 amide bonds. The van der Waals surface area contributed by atoms with E-state index < -0.39 is 0 Å². The average molecular weight is 343 g/mol. The number of fused-ring (bicyclic) bond motifs is 2. The number of benzene rings is 2. The fraction of sp³-hybridized carbons (Fsp3) is 0.0952. The fourth-order valence-electron chi connectivity index (χ4n) is 2.98. The molecule has 5 nitrogen and oxygen atoms in total. The van der Waals surface area contributed by atoms with Gasteiger partial charge in [-0.3, -0.25) is 4.99 Å². The average Bonchev–Trinajstić information content (AvgIpc) is 3.07. The van der Waals surface area contributed by atoms with Crippen LogP contribution in [-0.4, -0.2) is 32.4 Å². The Labute approximate surface area is 151 Å². The van der Waals surface area contributed by atoms with E-state index in [0.717, 1.165) is 33.0 Å². The van der Waals surface area contributed by atoms with Crippen LogP contribution in [-0.2, 0) is 4.74 Å². The van der Waals surface area contributed by atoms with E-state index in [0.29, 0.717) is 11.5 Å². The van der Waals surface area contributed by atoms with E-state index in [1.165, 1.54) is 0 Å². The van der Waals surface area contributed by atoms with Crippen molar-refractivity contribution >= 4 is 29.9 Å². The van der Waals surface area contributed by atoms with Gasteiger partial charge in [0, 0.05) is 10.8 Å². The normalized spacial score (nSPS) is 16.7. The van der Waals surface area contributed by atoms with E-state index in [4.69, 9.17) is 9.47 Å². The zero-order chi connectivity index (χ0) is 17.9. The molecule has 5 heteroatoms. The molecular formula is C21H17N3O2. The first-order valence-corrected chi connectivity index (χ1v) is 8.19. The first kappa shape index (κ1) is 16.0. The Kier molecular flexibility index (Phi) is 4.19. The molecule has 0 aromatic heterocycles. The summed E-state index contributed by atoms with van der Waals surface area (Å²) in [6, 6.07) is 15.7. The highest BCUT2D eigenvalue weighted by Crippen LogP contribution is 2.25. The zero-order valence-corrected chi connectivity index (χ0v) is 14.5. The van der Waals surface area contributed by atoms with E-state index >= 15 is 0 Å². The maximum absolute atomic E-state index is 5.60. The highest BCUT2D eigenvalue weighted by Gasteiger charge is 2.23. The SMILES string of the molecule is COC1=C2C=c3ccccc3=C2N=CC1=NN=Cc1ccc(OC)cc1. The third kappa shape index (κ3) is 2.84. The minimum atomic E-state index is 0.597. The molecule has 1 aliphatic carbocycles. The summed E-state index contributed by atoms with van der Waals surface area (Å²) in [5.74, 6) is 1.48. The van der Waals surface area contributed by atoms with Crippen LogP contribution in [0, 0.1) is 0 Å². The van der Waals surface area contributed by atoms with Crippen molar-refractivity contribution in [1.29, 1.82) is 0 Å². The van der Waals surface area contributed by atoms with Gasteiger partial charge in [-0.25, -0.2) is 0 Å². The van der Waals surface area contributed by atoms with Gasteiger partial charge in [-0.05, 0) is 41.1 Å². The number of ether oxygens (including phenoxy) is 2. The molecule has 2 aromatic rings. The molecule has 0 bridgehead atoms. The van der Waals surface area contributed by atoms with Gasteiger partial charge in [0.05, 0.1) is 32.3 Å². The zero-order valence-electron chi connectivity index (χ0n) is 14.5. The first-order valence-electron chi connectivity index (χ1n) is 8.19. The monoisotopic (exact) mass is 343 g/mol. The van der Waals surface area contributed by atoms with Gasteiger partial charge >= 0.3 is 0 Å². The summed E-state index contributed by atoms with van der Waals surface area (Å²) in [5, 5.41) is 10.7. The first-order chi connectivity index (χ1) is 12.8. The predicted molar refractivity (Wildman–Crippen MR) is 104 cm³/mol. The molecule has 2 aromatic carbocycles. The minimum Gasteiger partial charge on any atom is -0.497 e. The predicted octanol–water partition coefficient (Wildman–Crippen LogP) is 2.06. The Morgan fingerprint density at radius 2 is 1.77 bits per heavy atom. The molecule has 128 valence electrons. The van der Waals surface area contributed by atoms with Gasteiger partial charge in [0.2, 0.25) is 0 Å². The second-order valence-corrected chi connectivity index (χ2v) is 5.79. The van der Waals surface area contributed by atoms with Gasteiger partial charge in [0.25, 0.3) is 0 Å². The van der Waals surface area contributed by atoms with Crippen molar-refractivity contribution in [2.45, 2.75) is 0 Å². The fourth-order valence-corrected chi connectivity index (χ4v) is 2.98. The van der Waals surface area contributed by atoms with Gasteiger partial charge in [-0.2, -0.15) is 5.10 Å². The number of rotatable bonds is 4. The largest absolute Gasteiger partial charge is 0.497 e. The Balaban J connectivity index is 1.67. The summed E-state index contributed by atoms with van der Waals surface area (Å²) < 4.78 is 10.7. The number of nitrogens with zero attached hydrogens (tertiary/aromatic N) is 3. The maximum Gasteiger partial charge on any atom is 0.157 e. The van der Waals surface area contributed by atoms with Gasteiger partial charge < -0.3 is 9.47 Å². The molecule has 0 atom stereocenters. The molecular weight excluding hydrogens is 326 g/mol. The lowest BCUT2D eigenvalue weighted by molar-refractivity contribution is 0.314. The Morgan fingerprint density at radius 1 is 0.962 bits per heavy atom. The molecule has 0 unspecified atom stereocenters. The van der Waals surface area contributed by atoms with E-state index in [9.17, 15) is 0 Å². The number of allylic oxidation sites excluding steroid dienone is 1. The molecule has 0 fully saturated rings. The van der Waals surface area contributed by atoms with Crippen LogP contribution in [0.3, 0.4) is 0 Å². The molecule has 0 N–H and O–H groups in total. The van der Waals surface area contributed by atoms with Crippen molar-refractivity contribution in [1.82, 2.24) is 0 Å².